The van der Waals surface area contributed by atoms with Gasteiger partial charge in [0.1, 0.15) is 6.61 Å². The van der Waals surface area contributed by atoms with Gasteiger partial charge in [0.15, 0.2) is 0 Å². The van der Waals surface area contributed by atoms with E-state index in [2.05, 4.69) is 29.7 Å². The lowest BCUT2D eigenvalue weighted by molar-refractivity contribution is 0.0320. The number of hydrogen-bond donors (Lipinski definition) is 1. The van der Waals surface area contributed by atoms with Crippen LogP contribution in [0.4, 0.5) is 0 Å². The van der Waals surface area contributed by atoms with Gasteiger partial charge in [0, 0.05) is 19.6 Å². The highest BCUT2D eigenvalue weighted by atomic mass is 32.1. The van der Waals surface area contributed by atoms with Crippen molar-refractivity contribution in [3.8, 4) is 0 Å². The quantitative estimate of drug-likeness (QED) is 0.539. The van der Waals surface area contributed by atoms with E-state index < -0.39 is 0 Å². The number of thiol groups is 1. The molecule has 3 nitrogen and oxygen atoms in total. The summed E-state index contributed by atoms with van der Waals surface area (Å²) in [6, 6.07) is 0. The molecule has 0 radical (unpaired) electrons. The second kappa shape index (κ2) is 5.75. The van der Waals surface area contributed by atoms with Crippen molar-refractivity contribution in [3.05, 3.63) is 0 Å². The molecule has 1 fully saturated rings. The zero-order chi connectivity index (χ0) is 8.81. The van der Waals surface area contributed by atoms with E-state index in [1.807, 2.05) is 0 Å². The van der Waals surface area contributed by atoms with Crippen molar-refractivity contribution in [1.82, 2.24) is 4.90 Å². The van der Waals surface area contributed by atoms with Crippen molar-refractivity contribution in [2.24, 2.45) is 0 Å². The maximum absolute atomic E-state index is 5.20. The summed E-state index contributed by atoms with van der Waals surface area (Å²) in [6.45, 7) is 5.16. The first-order valence-electron chi connectivity index (χ1n) is 3.95. The minimum Gasteiger partial charge on any atom is -0.477 e. The molecular formula is C7H13NO2S2. The van der Waals surface area contributed by atoms with E-state index in [0.717, 1.165) is 32.8 Å². The van der Waals surface area contributed by atoms with E-state index in [0.29, 0.717) is 11.0 Å². The molecular weight excluding hydrogens is 194 g/mol. The van der Waals surface area contributed by atoms with Gasteiger partial charge in [-0.3, -0.25) is 4.90 Å². The maximum atomic E-state index is 5.20. The predicted octanol–water partition coefficient (Wildman–Crippen LogP) is 0.550. The zero-order valence-corrected chi connectivity index (χ0v) is 8.57. The third-order valence-electron chi connectivity index (χ3n) is 1.74. The van der Waals surface area contributed by atoms with Crippen molar-refractivity contribution < 1.29 is 9.47 Å². The Labute approximate surface area is 83.4 Å². The topological polar surface area (TPSA) is 21.7 Å². The predicted molar refractivity (Wildman–Crippen MR) is 54.8 cm³/mol. The van der Waals surface area contributed by atoms with Crippen LogP contribution in [0, 0.1) is 0 Å². The van der Waals surface area contributed by atoms with Gasteiger partial charge >= 0.3 is 0 Å². The van der Waals surface area contributed by atoms with E-state index in [4.69, 9.17) is 9.47 Å². The van der Waals surface area contributed by atoms with Crippen LogP contribution in [0.2, 0.25) is 0 Å². The summed E-state index contributed by atoms with van der Waals surface area (Å²) in [5.74, 6) is 0. The third-order valence-corrected chi connectivity index (χ3v) is 1.98. The summed E-state index contributed by atoms with van der Waals surface area (Å²) in [4.78, 5) is 2.29. The van der Waals surface area contributed by atoms with Gasteiger partial charge in [-0.25, -0.2) is 0 Å². The van der Waals surface area contributed by atoms with Gasteiger partial charge in [0.2, 0.25) is 4.38 Å². The summed E-state index contributed by atoms with van der Waals surface area (Å²) < 4.78 is 10.6. The largest absolute Gasteiger partial charge is 0.477 e. The SMILES string of the molecule is S=C(S)OCCN1CCOCC1. The molecule has 0 aromatic rings. The molecule has 1 aliphatic heterocycles. The fourth-order valence-electron chi connectivity index (χ4n) is 1.09. The number of rotatable bonds is 3. The molecule has 1 aliphatic rings. The standard InChI is InChI=1S/C7H13NO2S2/c11-7(12)10-6-3-8-1-4-9-5-2-8/h1-6H2,(H,11,12). The number of morpholine rings is 1. The Bertz CT molecular complexity index is 148. The van der Waals surface area contributed by atoms with Crippen LogP contribution in [-0.2, 0) is 9.47 Å². The Kier molecular flexibility index (Phi) is 4.90. The molecule has 1 saturated heterocycles. The summed E-state index contributed by atoms with van der Waals surface area (Å²) in [5, 5.41) is 0. The fourth-order valence-corrected chi connectivity index (χ4v) is 1.26. The van der Waals surface area contributed by atoms with E-state index in [1.165, 1.54) is 0 Å². The molecule has 0 N–H and O–H groups in total. The van der Waals surface area contributed by atoms with Crippen LogP contribution in [0.1, 0.15) is 0 Å². The molecule has 12 heavy (non-hydrogen) atoms. The minimum absolute atomic E-state index is 0.322. The minimum atomic E-state index is 0.322. The van der Waals surface area contributed by atoms with Gasteiger partial charge in [0.25, 0.3) is 0 Å². The molecule has 0 aromatic carbocycles. The normalized spacial score (nSPS) is 19.1. The maximum Gasteiger partial charge on any atom is 0.216 e. The molecule has 0 spiro atoms. The second-order valence-electron chi connectivity index (χ2n) is 2.57. The van der Waals surface area contributed by atoms with Crippen LogP contribution in [0.3, 0.4) is 0 Å². The fraction of sp³-hybridized carbons (Fsp3) is 0.857. The number of thiocarbonyl (C=S) groups is 1. The molecule has 0 atom stereocenters. The lowest BCUT2D eigenvalue weighted by atomic mass is 10.4. The Morgan fingerprint density at radius 3 is 2.75 bits per heavy atom. The van der Waals surface area contributed by atoms with E-state index in [1.54, 1.807) is 0 Å². The van der Waals surface area contributed by atoms with Gasteiger partial charge in [-0.05, 0) is 12.2 Å². The molecule has 5 heteroatoms. The molecule has 0 aromatic heterocycles. The van der Waals surface area contributed by atoms with Crippen LogP contribution in [0.15, 0.2) is 0 Å². The summed E-state index contributed by atoms with van der Waals surface area (Å²) in [6.07, 6.45) is 0. The van der Waals surface area contributed by atoms with Crippen LogP contribution < -0.4 is 0 Å². The first-order chi connectivity index (χ1) is 5.79. The van der Waals surface area contributed by atoms with E-state index in [-0.39, 0.29) is 0 Å². The van der Waals surface area contributed by atoms with E-state index in [9.17, 15) is 0 Å². The van der Waals surface area contributed by atoms with Crippen molar-refractivity contribution in [2.75, 3.05) is 39.5 Å². The molecule has 0 aliphatic carbocycles. The summed E-state index contributed by atoms with van der Waals surface area (Å²) >= 11 is 8.52. The van der Waals surface area contributed by atoms with Gasteiger partial charge in [-0.2, -0.15) is 0 Å². The van der Waals surface area contributed by atoms with Gasteiger partial charge < -0.3 is 9.47 Å². The van der Waals surface area contributed by atoms with E-state index >= 15 is 0 Å². The number of hydrogen-bond acceptors (Lipinski definition) is 4. The number of ether oxygens (including phenoxy) is 2. The molecule has 1 rings (SSSR count). The van der Waals surface area contributed by atoms with Crippen molar-refractivity contribution in [2.45, 2.75) is 0 Å². The Balaban J connectivity index is 2.01. The highest BCUT2D eigenvalue weighted by molar-refractivity contribution is 8.10. The summed E-state index contributed by atoms with van der Waals surface area (Å²) in [5.41, 5.74) is 0. The van der Waals surface area contributed by atoms with Crippen LogP contribution in [0.5, 0.6) is 0 Å². The monoisotopic (exact) mass is 207 g/mol. The third kappa shape index (κ3) is 4.25. The second-order valence-corrected chi connectivity index (χ2v) is 3.65. The van der Waals surface area contributed by atoms with Crippen molar-refractivity contribution in [1.29, 1.82) is 0 Å². The van der Waals surface area contributed by atoms with Gasteiger partial charge in [-0.1, -0.05) is 12.6 Å². The smallest absolute Gasteiger partial charge is 0.216 e. The average Bonchev–Trinajstić information content (AvgIpc) is 2.05. The molecule has 70 valence electrons. The lowest BCUT2D eigenvalue weighted by Gasteiger charge is -2.26. The highest BCUT2D eigenvalue weighted by Crippen LogP contribution is 1.96. The van der Waals surface area contributed by atoms with Crippen molar-refractivity contribution >= 4 is 29.2 Å². The Morgan fingerprint density at radius 1 is 1.50 bits per heavy atom. The van der Waals surface area contributed by atoms with Gasteiger partial charge in [0.05, 0.1) is 13.2 Å². The molecule has 0 amide bonds. The van der Waals surface area contributed by atoms with Crippen LogP contribution in [-0.4, -0.2) is 48.7 Å². The first-order valence-corrected chi connectivity index (χ1v) is 4.80. The summed E-state index contributed by atoms with van der Waals surface area (Å²) in [7, 11) is 0. The Morgan fingerprint density at radius 2 is 2.17 bits per heavy atom. The van der Waals surface area contributed by atoms with Crippen LogP contribution >= 0.6 is 24.8 Å². The van der Waals surface area contributed by atoms with Crippen molar-refractivity contribution in [3.63, 3.8) is 0 Å². The molecule has 0 saturated carbocycles. The lowest BCUT2D eigenvalue weighted by Crippen LogP contribution is -2.38. The zero-order valence-electron chi connectivity index (χ0n) is 6.86. The first kappa shape index (κ1) is 10.2. The van der Waals surface area contributed by atoms with Gasteiger partial charge in [-0.15, -0.1) is 0 Å². The molecule has 1 heterocycles. The Hall–Kier alpha value is 0.160. The molecule has 0 unspecified atom stereocenters. The average molecular weight is 207 g/mol. The van der Waals surface area contributed by atoms with Crippen LogP contribution in [0.25, 0.3) is 0 Å². The number of nitrogens with zero attached hydrogens (tertiary/aromatic N) is 1. The molecule has 0 bridgehead atoms. The highest BCUT2D eigenvalue weighted by Gasteiger charge is 2.09.